The van der Waals surface area contributed by atoms with E-state index < -0.39 is 0 Å². The van der Waals surface area contributed by atoms with Gasteiger partial charge in [-0.05, 0) is 12.5 Å². The van der Waals surface area contributed by atoms with Gasteiger partial charge in [-0.1, -0.05) is 13.8 Å². The molecule has 0 unspecified atom stereocenters. The number of hydrogen-bond acceptors (Lipinski definition) is 3. The monoisotopic (exact) mass is 238 g/mol. The van der Waals surface area contributed by atoms with E-state index in [1.54, 1.807) is 13.2 Å². The number of nitrogens with zero attached hydrogens (tertiary/aromatic N) is 2. The van der Waals surface area contributed by atoms with E-state index in [0.29, 0.717) is 18.9 Å². The molecule has 0 saturated heterocycles. The SMILES string of the molecule is CNC(=O)CCn1ccnc1CNCC(C)C. The third-order valence-electron chi connectivity index (χ3n) is 2.50. The second-order valence-electron chi connectivity index (χ2n) is 4.48. The van der Waals surface area contributed by atoms with Crippen molar-refractivity contribution in [3.05, 3.63) is 18.2 Å². The van der Waals surface area contributed by atoms with Crippen molar-refractivity contribution in [2.45, 2.75) is 33.4 Å². The average molecular weight is 238 g/mol. The van der Waals surface area contributed by atoms with Crippen LogP contribution >= 0.6 is 0 Å². The second-order valence-corrected chi connectivity index (χ2v) is 4.48. The van der Waals surface area contributed by atoms with Gasteiger partial charge in [0.2, 0.25) is 5.91 Å². The highest BCUT2D eigenvalue weighted by Gasteiger charge is 2.04. The fraction of sp³-hybridized carbons (Fsp3) is 0.667. The highest BCUT2D eigenvalue weighted by molar-refractivity contribution is 5.75. The number of carbonyl (C=O) groups is 1. The van der Waals surface area contributed by atoms with Gasteiger partial charge in [0, 0.05) is 32.4 Å². The predicted octanol–water partition coefficient (Wildman–Crippen LogP) is 0.765. The number of imidazole rings is 1. The molecule has 96 valence electrons. The Bertz CT molecular complexity index is 346. The summed E-state index contributed by atoms with van der Waals surface area (Å²) < 4.78 is 2.02. The molecular weight excluding hydrogens is 216 g/mol. The van der Waals surface area contributed by atoms with Crippen LogP contribution in [-0.4, -0.2) is 29.1 Å². The molecule has 1 rings (SSSR count). The first-order chi connectivity index (χ1) is 8.13. The topological polar surface area (TPSA) is 59.0 Å². The molecule has 17 heavy (non-hydrogen) atoms. The summed E-state index contributed by atoms with van der Waals surface area (Å²) in [6.07, 6.45) is 4.18. The molecule has 5 heteroatoms. The first kappa shape index (κ1) is 13.7. The van der Waals surface area contributed by atoms with Crippen LogP contribution in [0.3, 0.4) is 0 Å². The Morgan fingerprint density at radius 3 is 2.94 bits per heavy atom. The van der Waals surface area contributed by atoms with Crippen LogP contribution in [0.1, 0.15) is 26.1 Å². The predicted molar refractivity (Wildman–Crippen MR) is 67.5 cm³/mol. The van der Waals surface area contributed by atoms with E-state index in [0.717, 1.165) is 18.9 Å². The highest BCUT2D eigenvalue weighted by Crippen LogP contribution is 2.00. The Morgan fingerprint density at radius 1 is 1.53 bits per heavy atom. The van der Waals surface area contributed by atoms with Gasteiger partial charge in [-0.25, -0.2) is 4.98 Å². The molecular formula is C12H22N4O. The second kappa shape index (κ2) is 7.06. The summed E-state index contributed by atoms with van der Waals surface area (Å²) in [5, 5.41) is 5.96. The lowest BCUT2D eigenvalue weighted by Crippen LogP contribution is -2.23. The largest absolute Gasteiger partial charge is 0.359 e. The van der Waals surface area contributed by atoms with Crippen LogP contribution < -0.4 is 10.6 Å². The zero-order valence-electron chi connectivity index (χ0n) is 10.9. The van der Waals surface area contributed by atoms with Gasteiger partial charge in [0.25, 0.3) is 0 Å². The first-order valence-corrected chi connectivity index (χ1v) is 6.04. The van der Waals surface area contributed by atoms with E-state index in [-0.39, 0.29) is 5.91 Å². The Labute approximate surface area is 103 Å². The minimum absolute atomic E-state index is 0.0554. The maximum absolute atomic E-state index is 11.2. The number of aromatic nitrogens is 2. The van der Waals surface area contributed by atoms with Crippen molar-refractivity contribution in [2.24, 2.45) is 5.92 Å². The molecule has 0 aromatic carbocycles. The van der Waals surface area contributed by atoms with E-state index in [2.05, 4.69) is 29.5 Å². The quantitative estimate of drug-likeness (QED) is 0.737. The molecule has 0 spiro atoms. The Kier molecular flexibility index (Phi) is 5.69. The average Bonchev–Trinajstić information content (AvgIpc) is 2.73. The van der Waals surface area contributed by atoms with Crippen LogP contribution in [0.15, 0.2) is 12.4 Å². The summed E-state index contributed by atoms with van der Waals surface area (Å²) in [6.45, 7) is 6.75. The van der Waals surface area contributed by atoms with Crippen LogP contribution in [-0.2, 0) is 17.9 Å². The van der Waals surface area contributed by atoms with Crippen molar-refractivity contribution >= 4 is 5.91 Å². The minimum atomic E-state index is 0.0554. The molecule has 0 aliphatic heterocycles. The fourth-order valence-electron chi connectivity index (χ4n) is 1.53. The van der Waals surface area contributed by atoms with Gasteiger partial charge in [-0.2, -0.15) is 0 Å². The van der Waals surface area contributed by atoms with Crippen LogP contribution in [0, 0.1) is 5.92 Å². The zero-order chi connectivity index (χ0) is 12.7. The lowest BCUT2D eigenvalue weighted by Gasteiger charge is -2.09. The molecule has 5 nitrogen and oxygen atoms in total. The van der Waals surface area contributed by atoms with Crippen molar-refractivity contribution in [3.8, 4) is 0 Å². The maximum Gasteiger partial charge on any atom is 0.221 e. The molecule has 2 N–H and O–H groups in total. The molecule has 1 heterocycles. The lowest BCUT2D eigenvalue weighted by atomic mass is 10.2. The zero-order valence-corrected chi connectivity index (χ0v) is 10.9. The smallest absolute Gasteiger partial charge is 0.221 e. The van der Waals surface area contributed by atoms with Crippen molar-refractivity contribution in [3.63, 3.8) is 0 Å². The van der Waals surface area contributed by atoms with Crippen molar-refractivity contribution in [1.29, 1.82) is 0 Å². The van der Waals surface area contributed by atoms with Gasteiger partial charge in [0.15, 0.2) is 0 Å². The van der Waals surface area contributed by atoms with E-state index in [4.69, 9.17) is 0 Å². The Hall–Kier alpha value is -1.36. The van der Waals surface area contributed by atoms with Gasteiger partial charge < -0.3 is 15.2 Å². The standard InChI is InChI=1S/C12H22N4O/c1-10(2)8-14-9-11-15-5-7-16(11)6-4-12(17)13-3/h5,7,10,14H,4,6,8-9H2,1-3H3,(H,13,17). The Balaban J connectivity index is 2.40. The molecule has 0 atom stereocenters. The molecule has 0 radical (unpaired) electrons. The van der Waals surface area contributed by atoms with Crippen LogP contribution in [0.25, 0.3) is 0 Å². The van der Waals surface area contributed by atoms with E-state index in [1.165, 1.54) is 0 Å². The third kappa shape index (κ3) is 4.99. The number of rotatable bonds is 7. The fourth-order valence-corrected chi connectivity index (χ4v) is 1.53. The first-order valence-electron chi connectivity index (χ1n) is 6.04. The number of hydrogen-bond donors (Lipinski definition) is 2. The van der Waals surface area contributed by atoms with Crippen molar-refractivity contribution in [1.82, 2.24) is 20.2 Å². The van der Waals surface area contributed by atoms with Crippen LogP contribution in [0.4, 0.5) is 0 Å². The molecule has 0 saturated carbocycles. The van der Waals surface area contributed by atoms with Gasteiger partial charge in [-0.15, -0.1) is 0 Å². The normalized spacial score (nSPS) is 10.8. The summed E-state index contributed by atoms with van der Waals surface area (Å²) in [5.41, 5.74) is 0. The van der Waals surface area contributed by atoms with Crippen molar-refractivity contribution < 1.29 is 4.79 Å². The van der Waals surface area contributed by atoms with E-state index in [9.17, 15) is 4.79 Å². The summed E-state index contributed by atoms with van der Waals surface area (Å²) in [5.74, 6) is 1.67. The molecule has 1 aromatic heterocycles. The number of aryl methyl sites for hydroxylation is 1. The summed E-state index contributed by atoms with van der Waals surface area (Å²) in [7, 11) is 1.65. The van der Waals surface area contributed by atoms with E-state index >= 15 is 0 Å². The summed E-state index contributed by atoms with van der Waals surface area (Å²) in [6, 6.07) is 0. The third-order valence-corrected chi connectivity index (χ3v) is 2.50. The molecule has 1 aromatic rings. The summed E-state index contributed by atoms with van der Waals surface area (Å²) >= 11 is 0. The minimum Gasteiger partial charge on any atom is -0.359 e. The number of amides is 1. The summed E-state index contributed by atoms with van der Waals surface area (Å²) in [4.78, 5) is 15.4. The van der Waals surface area contributed by atoms with Crippen molar-refractivity contribution in [2.75, 3.05) is 13.6 Å². The maximum atomic E-state index is 11.2. The molecule has 0 fully saturated rings. The lowest BCUT2D eigenvalue weighted by molar-refractivity contribution is -0.120. The van der Waals surface area contributed by atoms with Gasteiger partial charge in [-0.3, -0.25) is 4.79 Å². The Morgan fingerprint density at radius 2 is 2.29 bits per heavy atom. The molecule has 0 aliphatic rings. The number of nitrogens with one attached hydrogen (secondary N) is 2. The van der Waals surface area contributed by atoms with Gasteiger partial charge in [0.1, 0.15) is 5.82 Å². The molecule has 0 bridgehead atoms. The van der Waals surface area contributed by atoms with Crippen LogP contribution in [0.2, 0.25) is 0 Å². The van der Waals surface area contributed by atoms with Crippen LogP contribution in [0.5, 0.6) is 0 Å². The highest BCUT2D eigenvalue weighted by atomic mass is 16.1. The molecule has 1 amide bonds. The van der Waals surface area contributed by atoms with E-state index in [1.807, 2.05) is 10.8 Å². The molecule has 0 aliphatic carbocycles. The number of carbonyl (C=O) groups excluding carboxylic acids is 1. The van der Waals surface area contributed by atoms with Gasteiger partial charge >= 0.3 is 0 Å². The van der Waals surface area contributed by atoms with Gasteiger partial charge in [0.05, 0.1) is 6.54 Å².